The average Bonchev–Trinajstić information content (AvgIpc) is 2.39. The molecule has 0 aliphatic carbocycles. The second-order valence-electron chi connectivity index (χ2n) is 4.12. The molecule has 2 rings (SSSR count). The fourth-order valence-electron chi connectivity index (χ4n) is 1.83. The van der Waals surface area contributed by atoms with Crippen molar-refractivity contribution < 1.29 is 4.79 Å². The Balaban J connectivity index is 2.56. The van der Waals surface area contributed by atoms with Gasteiger partial charge in [0.05, 0.1) is 11.6 Å². The number of fused-ring (bicyclic) bond motifs is 1. The number of halogens is 1. The summed E-state index contributed by atoms with van der Waals surface area (Å²) in [5, 5.41) is 9.57. The maximum absolute atomic E-state index is 12.3. The van der Waals surface area contributed by atoms with Crippen LogP contribution in [-0.2, 0) is 0 Å². The van der Waals surface area contributed by atoms with Gasteiger partial charge in [-0.05, 0) is 18.2 Å². The third kappa shape index (κ3) is 2.27. The number of hydrogen-bond donors (Lipinski definition) is 0. The van der Waals surface area contributed by atoms with E-state index in [4.69, 9.17) is 5.26 Å². The number of nitrogens with zero attached hydrogens (tertiary/aromatic N) is 2. The molecule has 1 aromatic heterocycles. The van der Waals surface area contributed by atoms with Gasteiger partial charge >= 0.3 is 0 Å². The molecule has 4 heteroatoms. The van der Waals surface area contributed by atoms with Gasteiger partial charge in [-0.25, -0.2) is 0 Å². The molecule has 0 aliphatic rings. The summed E-state index contributed by atoms with van der Waals surface area (Å²) in [5.74, 6) is -0.339. The van der Waals surface area contributed by atoms with E-state index >= 15 is 0 Å². The predicted octanol–water partition coefficient (Wildman–Crippen LogP) is 3.73. The van der Waals surface area contributed by atoms with Crippen LogP contribution in [-0.4, -0.2) is 10.8 Å². The van der Waals surface area contributed by atoms with Gasteiger partial charge in [0.15, 0.2) is 5.78 Å². The van der Waals surface area contributed by atoms with E-state index in [-0.39, 0.29) is 18.1 Å². The lowest BCUT2D eigenvalue weighted by atomic mass is 9.95. The Bertz CT molecular complexity index is 646. The highest BCUT2D eigenvalue weighted by Gasteiger charge is 2.18. The van der Waals surface area contributed by atoms with Crippen LogP contribution in [0.1, 0.15) is 23.7 Å². The number of aromatic nitrogens is 1. The quantitative estimate of drug-likeness (QED) is 0.812. The summed E-state index contributed by atoms with van der Waals surface area (Å²) in [4.78, 5) is 16.5. The van der Waals surface area contributed by atoms with Crippen LogP contribution in [0.25, 0.3) is 10.9 Å². The van der Waals surface area contributed by atoms with Crippen molar-refractivity contribution in [3.8, 4) is 6.07 Å². The van der Waals surface area contributed by atoms with Crippen LogP contribution >= 0.6 is 15.9 Å². The van der Waals surface area contributed by atoms with Crippen molar-refractivity contribution in [2.24, 2.45) is 5.92 Å². The van der Waals surface area contributed by atoms with Gasteiger partial charge in [-0.3, -0.25) is 9.78 Å². The highest BCUT2D eigenvalue weighted by molar-refractivity contribution is 9.10. The third-order valence-corrected chi connectivity index (χ3v) is 3.52. The molecule has 3 nitrogen and oxygen atoms in total. The first kappa shape index (κ1) is 12.7. The van der Waals surface area contributed by atoms with Crippen LogP contribution in [0.15, 0.2) is 34.9 Å². The van der Waals surface area contributed by atoms with Gasteiger partial charge in [0.25, 0.3) is 0 Å². The number of hydrogen-bond acceptors (Lipinski definition) is 3. The zero-order valence-electron chi connectivity index (χ0n) is 9.85. The Labute approximate surface area is 114 Å². The molecule has 0 fully saturated rings. The molecule has 90 valence electrons. The minimum atomic E-state index is -0.304. The smallest absolute Gasteiger partial charge is 0.168 e. The van der Waals surface area contributed by atoms with E-state index in [1.54, 1.807) is 19.2 Å². The van der Waals surface area contributed by atoms with E-state index in [1.807, 2.05) is 24.3 Å². The number of pyridine rings is 1. The molecule has 0 spiro atoms. The molecule has 1 heterocycles. The number of ketones is 1. The molecule has 1 aromatic carbocycles. The van der Waals surface area contributed by atoms with Gasteiger partial charge in [-0.15, -0.1) is 0 Å². The molecule has 1 atom stereocenters. The fourth-order valence-corrected chi connectivity index (χ4v) is 2.28. The van der Waals surface area contributed by atoms with E-state index in [0.29, 0.717) is 11.1 Å². The first-order chi connectivity index (χ1) is 8.65. The summed E-state index contributed by atoms with van der Waals surface area (Å²) in [6, 6.07) is 9.38. The van der Waals surface area contributed by atoms with Crippen LogP contribution in [0.5, 0.6) is 0 Å². The fraction of sp³-hybridized carbons (Fsp3) is 0.214. The molecular weight excluding hydrogens is 292 g/mol. The summed E-state index contributed by atoms with van der Waals surface area (Å²) in [6.45, 7) is 1.77. The molecule has 0 amide bonds. The Morgan fingerprint density at radius 2 is 2.28 bits per heavy atom. The van der Waals surface area contributed by atoms with E-state index in [0.717, 1.165) is 9.86 Å². The Morgan fingerprint density at radius 1 is 1.50 bits per heavy atom. The SMILES string of the molecule is CC(CC#N)C(=O)c1ccc(Br)c2cccnc12. The highest BCUT2D eigenvalue weighted by Crippen LogP contribution is 2.27. The Kier molecular flexibility index (Phi) is 3.73. The van der Waals surface area contributed by atoms with E-state index in [9.17, 15) is 4.79 Å². The minimum Gasteiger partial charge on any atom is -0.294 e. The molecule has 0 radical (unpaired) electrons. The molecule has 2 aromatic rings. The first-order valence-corrected chi connectivity index (χ1v) is 6.39. The predicted molar refractivity (Wildman–Crippen MR) is 73.2 cm³/mol. The summed E-state index contributed by atoms with van der Waals surface area (Å²) in [6.07, 6.45) is 1.89. The Hall–Kier alpha value is -1.73. The van der Waals surface area contributed by atoms with Crippen molar-refractivity contribution >= 4 is 32.6 Å². The monoisotopic (exact) mass is 302 g/mol. The van der Waals surface area contributed by atoms with Crippen molar-refractivity contribution in [1.82, 2.24) is 4.98 Å². The van der Waals surface area contributed by atoms with E-state index < -0.39 is 0 Å². The molecule has 0 bridgehead atoms. The summed E-state index contributed by atoms with van der Waals surface area (Å²) in [7, 11) is 0. The number of carbonyl (C=O) groups excluding carboxylic acids is 1. The number of nitriles is 1. The van der Waals surface area contributed by atoms with Gasteiger partial charge in [0.2, 0.25) is 0 Å². The number of Topliss-reactive ketones (excluding diaryl/α,β-unsaturated/α-hetero) is 1. The van der Waals surface area contributed by atoms with E-state index in [2.05, 4.69) is 20.9 Å². The van der Waals surface area contributed by atoms with Crippen LogP contribution in [0.2, 0.25) is 0 Å². The molecule has 0 N–H and O–H groups in total. The van der Waals surface area contributed by atoms with Crippen molar-refractivity contribution in [3.05, 3.63) is 40.5 Å². The van der Waals surface area contributed by atoms with Gasteiger partial charge in [-0.1, -0.05) is 28.9 Å². The summed E-state index contributed by atoms with van der Waals surface area (Å²) >= 11 is 3.44. The maximum atomic E-state index is 12.3. The number of benzene rings is 1. The molecule has 0 saturated carbocycles. The lowest BCUT2D eigenvalue weighted by Gasteiger charge is -2.09. The average molecular weight is 303 g/mol. The normalized spacial score (nSPS) is 12.1. The van der Waals surface area contributed by atoms with Crippen LogP contribution in [0, 0.1) is 17.2 Å². The maximum Gasteiger partial charge on any atom is 0.168 e. The number of rotatable bonds is 3. The second-order valence-corrected chi connectivity index (χ2v) is 4.98. The van der Waals surface area contributed by atoms with Crippen molar-refractivity contribution in [2.75, 3.05) is 0 Å². The van der Waals surface area contributed by atoms with Crippen molar-refractivity contribution in [1.29, 1.82) is 5.26 Å². The molecule has 18 heavy (non-hydrogen) atoms. The van der Waals surface area contributed by atoms with Crippen molar-refractivity contribution in [2.45, 2.75) is 13.3 Å². The number of carbonyl (C=O) groups is 1. The van der Waals surface area contributed by atoms with Crippen LogP contribution in [0.4, 0.5) is 0 Å². The summed E-state index contributed by atoms with van der Waals surface area (Å²) in [5.41, 5.74) is 1.26. The van der Waals surface area contributed by atoms with Crippen LogP contribution < -0.4 is 0 Å². The van der Waals surface area contributed by atoms with Gasteiger partial charge in [-0.2, -0.15) is 5.26 Å². The summed E-state index contributed by atoms with van der Waals surface area (Å²) < 4.78 is 0.912. The lowest BCUT2D eigenvalue weighted by Crippen LogP contribution is -2.11. The zero-order valence-corrected chi connectivity index (χ0v) is 11.4. The lowest BCUT2D eigenvalue weighted by molar-refractivity contribution is 0.0933. The third-order valence-electron chi connectivity index (χ3n) is 2.83. The van der Waals surface area contributed by atoms with Crippen LogP contribution in [0.3, 0.4) is 0 Å². The highest BCUT2D eigenvalue weighted by atomic mass is 79.9. The van der Waals surface area contributed by atoms with E-state index in [1.165, 1.54) is 0 Å². The van der Waals surface area contributed by atoms with Gasteiger partial charge in [0, 0.05) is 34.0 Å². The van der Waals surface area contributed by atoms with Gasteiger partial charge in [0.1, 0.15) is 0 Å². The minimum absolute atomic E-state index is 0.0345. The zero-order chi connectivity index (χ0) is 13.1. The van der Waals surface area contributed by atoms with Gasteiger partial charge < -0.3 is 0 Å². The largest absolute Gasteiger partial charge is 0.294 e. The molecule has 1 unspecified atom stereocenters. The molecule has 0 saturated heterocycles. The second kappa shape index (κ2) is 5.28. The Morgan fingerprint density at radius 3 is 3.00 bits per heavy atom. The molecule has 0 aliphatic heterocycles. The van der Waals surface area contributed by atoms with Crippen molar-refractivity contribution in [3.63, 3.8) is 0 Å². The first-order valence-electron chi connectivity index (χ1n) is 5.59. The topological polar surface area (TPSA) is 53.8 Å². The molecular formula is C14H11BrN2O. The standard InChI is InChI=1S/C14H11BrN2O/c1-9(6-7-16)14(18)11-4-5-12(15)10-3-2-8-17-13(10)11/h2-5,8-9H,6H2,1H3.